The van der Waals surface area contributed by atoms with Gasteiger partial charge in [0.15, 0.2) is 0 Å². The molecule has 5 N–H and O–H groups in total. The number of anilines is 2. The Kier molecular flexibility index (Phi) is 4.27. The second kappa shape index (κ2) is 6.13. The van der Waals surface area contributed by atoms with Gasteiger partial charge in [-0.25, -0.2) is 4.39 Å². The fraction of sp³-hybridized carbons (Fsp3) is 0.133. The summed E-state index contributed by atoms with van der Waals surface area (Å²) >= 11 is 0. The average Bonchev–Trinajstić information content (AvgIpc) is 2.46. The molecule has 0 saturated heterocycles. The molecular formula is C15H16FN3O2. The number of hydrogen-bond acceptors (Lipinski definition) is 4. The molecular weight excluding hydrogens is 273 g/mol. The van der Waals surface area contributed by atoms with Crippen LogP contribution in [0.3, 0.4) is 0 Å². The van der Waals surface area contributed by atoms with E-state index in [4.69, 9.17) is 16.2 Å². The maximum atomic E-state index is 13.1. The highest BCUT2D eigenvalue weighted by molar-refractivity contribution is 5.98. The Morgan fingerprint density at radius 3 is 2.67 bits per heavy atom. The standard InChI is InChI=1S/C15H16FN3O2/c1-21-14-5-2-9(6-12(14)17)8-19-13-4-3-10(16)7-11(13)15(18)20/h2-7,19H,8,17H2,1H3,(H2,18,20). The summed E-state index contributed by atoms with van der Waals surface area (Å²) in [6, 6.07) is 9.20. The van der Waals surface area contributed by atoms with Gasteiger partial charge < -0.3 is 21.5 Å². The number of nitrogens with one attached hydrogen (secondary N) is 1. The molecule has 6 heteroatoms. The van der Waals surface area contributed by atoms with E-state index in [-0.39, 0.29) is 5.56 Å². The topological polar surface area (TPSA) is 90.4 Å². The van der Waals surface area contributed by atoms with Gasteiger partial charge in [0.25, 0.3) is 5.91 Å². The van der Waals surface area contributed by atoms with Gasteiger partial charge in [0.2, 0.25) is 0 Å². The molecule has 21 heavy (non-hydrogen) atoms. The Balaban J connectivity index is 2.16. The maximum absolute atomic E-state index is 13.1. The van der Waals surface area contributed by atoms with E-state index >= 15 is 0 Å². The lowest BCUT2D eigenvalue weighted by Crippen LogP contribution is -2.14. The zero-order chi connectivity index (χ0) is 15.4. The predicted molar refractivity (Wildman–Crippen MR) is 79.7 cm³/mol. The lowest BCUT2D eigenvalue weighted by Gasteiger charge is -2.11. The second-order valence-electron chi connectivity index (χ2n) is 4.48. The van der Waals surface area contributed by atoms with Crippen molar-refractivity contribution < 1.29 is 13.9 Å². The van der Waals surface area contributed by atoms with Crippen LogP contribution in [0.4, 0.5) is 15.8 Å². The summed E-state index contributed by atoms with van der Waals surface area (Å²) in [5, 5.41) is 3.04. The molecule has 0 spiro atoms. The zero-order valence-corrected chi connectivity index (χ0v) is 11.5. The third kappa shape index (κ3) is 3.42. The quantitative estimate of drug-likeness (QED) is 0.735. The van der Waals surface area contributed by atoms with Crippen LogP contribution in [0.15, 0.2) is 36.4 Å². The fourth-order valence-corrected chi connectivity index (χ4v) is 1.97. The Bertz CT molecular complexity index is 674. The lowest BCUT2D eigenvalue weighted by atomic mass is 10.1. The maximum Gasteiger partial charge on any atom is 0.250 e. The molecule has 0 radical (unpaired) electrons. The molecule has 5 nitrogen and oxygen atoms in total. The number of benzene rings is 2. The molecule has 110 valence electrons. The number of rotatable bonds is 5. The first kappa shape index (κ1) is 14.6. The third-order valence-electron chi connectivity index (χ3n) is 3.02. The zero-order valence-electron chi connectivity index (χ0n) is 11.5. The number of carbonyl (C=O) groups is 1. The van der Waals surface area contributed by atoms with Crippen molar-refractivity contribution in [3.05, 3.63) is 53.3 Å². The van der Waals surface area contributed by atoms with Crippen molar-refractivity contribution in [2.45, 2.75) is 6.54 Å². The van der Waals surface area contributed by atoms with Gasteiger partial charge in [-0.3, -0.25) is 4.79 Å². The van der Waals surface area contributed by atoms with Gasteiger partial charge >= 0.3 is 0 Å². The number of halogens is 1. The number of nitrogens with two attached hydrogens (primary N) is 2. The van der Waals surface area contributed by atoms with E-state index in [0.29, 0.717) is 23.7 Å². The van der Waals surface area contributed by atoms with E-state index in [0.717, 1.165) is 11.6 Å². The first-order valence-electron chi connectivity index (χ1n) is 6.27. The number of hydrogen-bond donors (Lipinski definition) is 3. The molecule has 0 bridgehead atoms. The van der Waals surface area contributed by atoms with Gasteiger partial charge in [0.1, 0.15) is 11.6 Å². The van der Waals surface area contributed by atoms with Gasteiger partial charge in [-0.05, 0) is 35.9 Å². The third-order valence-corrected chi connectivity index (χ3v) is 3.02. The van der Waals surface area contributed by atoms with E-state index in [1.807, 2.05) is 6.07 Å². The second-order valence-corrected chi connectivity index (χ2v) is 4.48. The molecule has 0 aliphatic carbocycles. The molecule has 0 unspecified atom stereocenters. The Hall–Kier alpha value is -2.76. The van der Waals surface area contributed by atoms with Gasteiger partial charge in [-0.1, -0.05) is 6.07 Å². The number of nitrogen functional groups attached to an aromatic ring is 1. The van der Waals surface area contributed by atoms with Crippen molar-refractivity contribution in [1.82, 2.24) is 0 Å². The largest absolute Gasteiger partial charge is 0.495 e. The summed E-state index contributed by atoms with van der Waals surface area (Å²) in [6.07, 6.45) is 0. The molecule has 2 rings (SSSR count). The average molecular weight is 289 g/mol. The molecule has 2 aromatic rings. The number of carbonyl (C=O) groups excluding carboxylic acids is 1. The highest BCUT2D eigenvalue weighted by Gasteiger charge is 2.09. The Morgan fingerprint density at radius 1 is 1.29 bits per heavy atom. The van der Waals surface area contributed by atoms with E-state index in [1.54, 1.807) is 19.2 Å². The SMILES string of the molecule is COc1ccc(CNc2ccc(F)cc2C(N)=O)cc1N. The molecule has 1 amide bonds. The van der Waals surface area contributed by atoms with Crippen molar-refractivity contribution >= 4 is 17.3 Å². The van der Waals surface area contributed by atoms with Crippen molar-refractivity contribution in [2.75, 3.05) is 18.2 Å². The fourth-order valence-electron chi connectivity index (χ4n) is 1.97. The van der Waals surface area contributed by atoms with Crippen LogP contribution < -0.4 is 21.5 Å². The summed E-state index contributed by atoms with van der Waals surface area (Å²) in [5.74, 6) is -0.604. The van der Waals surface area contributed by atoms with Crippen LogP contribution in [0, 0.1) is 5.82 Å². The van der Waals surface area contributed by atoms with E-state index < -0.39 is 11.7 Å². The molecule has 0 aromatic heterocycles. The normalized spacial score (nSPS) is 10.2. The minimum atomic E-state index is -0.689. The molecule has 0 aliphatic heterocycles. The number of methoxy groups -OCH3 is 1. The van der Waals surface area contributed by atoms with Crippen molar-refractivity contribution in [3.8, 4) is 5.75 Å². The lowest BCUT2D eigenvalue weighted by molar-refractivity contribution is 0.100. The van der Waals surface area contributed by atoms with Crippen molar-refractivity contribution in [1.29, 1.82) is 0 Å². The van der Waals surface area contributed by atoms with Crippen LogP contribution in [-0.4, -0.2) is 13.0 Å². The molecule has 0 atom stereocenters. The van der Waals surface area contributed by atoms with Gasteiger partial charge in [0, 0.05) is 12.2 Å². The Morgan fingerprint density at radius 2 is 2.05 bits per heavy atom. The van der Waals surface area contributed by atoms with Crippen LogP contribution in [-0.2, 0) is 6.54 Å². The van der Waals surface area contributed by atoms with Crippen molar-refractivity contribution in [2.24, 2.45) is 5.73 Å². The van der Waals surface area contributed by atoms with Gasteiger partial charge in [0.05, 0.1) is 18.4 Å². The number of primary amides is 1. The molecule has 0 aliphatic rings. The predicted octanol–water partition coefficient (Wildman–Crippen LogP) is 2.13. The summed E-state index contributed by atoms with van der Waals surface area (Å²) in [6.45, 7) is 0.417. The first-order valence-corrected chi connectivity index (χ1v) is 6.27. The highest BCUT2D eigenvalue weighted by atomic mass is 19.1. The smallest absolute Gasteiger partial charge is 0.250 e. The van der Waals surface area contributed by atoms with E-state index in [9.17, 15) is 9.18 Å². The van der Waals surface area contributed by atoms with Gasteiger partial charge in [-0.2, -0.15) is 0 Å². The summed E-state index contributed by atoms with van der Waals surface area (Å²) in [4.78, 5) is 11.3. The van der Waals surface area contributed by atoms with Crippen LogP contribution in [0.2, 0.25) is 0 Å². The molecule has 0 saturated carbocycles. The van der Waals surface area contributed by atoms with Crippen LogP contribution in [0.1, 0.15) is 15.9 Å². The number of amides is 1. The highest BCUT2D eigenvalue weighted by Crippen LogP contribution is 2.23. The summed E-state index contributed by atoms with van der Waals surface area (Å²) < 4.78 is 18.2. The molecule has 2 aromatic carbocycles. The Labute approximate surface area is 121 Å². The molecule has 0 heterocycles. The monoisotopic (exact) mass is 289 g/mol. The van der Waals surface area contributed by atoms with Gasteiger partial charge in [-0.15, -0.1) is 0 Å². The van der Waals surface area contributed by atoms with Crippen molar-refractivity contribution in [3.63, 3.8) is 0 Å². The minimum absolute atomic E-state index is 0.108. The number of ether oxygens (including phenoxy) is 1. The van der Waals surface area contributed by atoms with Crippen LogP contribution in [0.25, 0.3) is 0 Å². The summed E-state index contributed by atoms with van der Waals surface area (Å²) in [5.41, 5.74) is 13.0. The minimum Gasteiger partial charge on any atom is -0.495 e. The van der Waals surface area contributed by atoms with E-state index in [1.165, 1.54) is 12.1 Å². The van der Waals surface area contributed by atoms with Crippen LogP contribution in [0.5, 0.6) is 5.75 Å². The summed E-state index contributed by atoms with van der Waals surface area (Å²) in [7, 11) is 1.54. The first-order chi connectivity index (χ1) is 10.0. The molecule has 0 fully saturated rings. The van der Waals surface area contributed by atoms with E-state index in [2.05, 4.69) is 5.32 Å². The van der Waals surface area contributed by atoms with Crippen LogP contribution >= 0.6 is 0 Å².